The summed E-state index contributed by atoms with van der Waals surface area (Å²) in [6.45, 7) is 0. The largest absolute Gasteiger partial charge is 0.457 e. The topological polar surface area (TPSA) is 63.6 Å². The highest BCUT2D eigenvalue weighted by atomic mass is 32.1. The number of nitrogens with one attached hydrogen (secondary N) is 1. The molecule has 2 aromatic carbocycles. The van der Waals surface area contributed by atoms with Gasteiger partial charge in [-0.3, -0.25) is 19.8 Å². The Bertz CT molecular complexity index is 1120. The average molecular weight is 403 g/mol. The number of rotatable bonds is 4. The molecule has 0 radical (unpaired) electrons. The fourth-order valence-corrected chi connectivity index (χ4v) is 3.23. The molecule has 0 spiro atoms. The molecule has 0 bridgehead atoms. The van der Waals surface area contributed by atoms with E-state index in [0.717, 1.165) is 5.69 Å². The Morgan fingerprint density at radius 1 is 0.931 bits per heavy atom. The van der Waals surface area contributed by atoms with Gasteiger partial charge in [0.25, 0.3) is 11.8 Å². The van der Waals surface area contributed by atoms with Crippen LogP contribution in [0.5, 0.6) is 11.5 Å². The first kappa shape index (κ1) is 18.6. The zero-order valence-corrected chi connectivity index (χ0v) is 16.3. The second-order valence-electron chi connectivity index (χ2n) is 6.41. The summed E-state index contributed by atoms with van der Waals surface area (Å²) in [5.41, 5.74) is 1.30. The molecule has 0 atom stereocenters. The van der Waals surface area contributed by atoms with Gasteiger partial charge in [-0.1, -0.05) is 18.2 Å². The van der Waals surface area contributed by atoms with E-state index in [1.807, 2.05) is 60.3 Å². The SMILES string of the molecule is Cn1cccc1C=C1C(=O)NC(=S)N(c2ccc(Oc3ccccc3)cc2)C1=O. The summed E-state index contributed by atoms with van der Waals surface area (Å²) in [4.78, 5) is 26.7. The number of nitrogens with zero attached hydrogens (tertiary/aromatic N) is 2. The van der Waals surface area contributed by atoms with Gasteiger partial charge >= 0.3 is 0 Å². The molecule has 1 N–H and O–H groups in total. The van der Waals surface area contributed by atoms with Crippen LogP contribution in [-0.2, 0) is 16.6 Å². The van der Waals surface area contributed by atoms with Crippen LogP contribution in [-0.4, -0.2) is 21.5 Å². The first-order chi connectivity index (χ1) is 14.0. The molecule has 2 heterocycles. The van der Waals surface area contributed by atoms with Crippen molar-refractivity contribution in [1.29, 1.82) is 0 Å². The van der Waals surface area contributed by atoms with E-state index in [0.29, 0.717) is 17.2 Å². The number of benzene rings is 2. The van der Waals surface area contributed by atoms with E-state index in [1.54, 1.807) is 30.3 Å². The first-order valence-corrected chi connectivity index (χ1v) is 9.29. The second kappa shape index (κ2) is 7.73. The Balaban J connectivity index is 1.60. The molecule has 0 unspecified atom stereocenters. The van der Waals surface area contributed by atoms with E-state index >= 15 is 0 Å². The minimum absolute atomic E-state index is 0.0185. The van der Waals surface area contributed by atoms with Crippen molar-refractivity contribution in [3.05, 3.63) is 84.2 Å². The molecule has 29 heavy (non-hydrogen) atoms. The number of ether oxygens (including phenoxy) is 1. The van der Waals surface area contributed by atoms with Crippen LogP contribution in [0.2, 0.25) is 0 Å². The smallest absolute Gasteiger partial charge is 0.270 e. The van der Waals surface area contributed by atoms with Gasteiger partial charge in [-0.15, -0.1) is 0 Å². The molecule has 0 aliphatic carbocycles. The van der Waals surface area contributed by atoms with E-state index in [9.17, 15) is 9.59 Å². The van der Waals surface area contributed by atoms with Crippen molar-refractivity contribution in [3.8, 4) is 11.5 Å². The van der Waals surface area contributed by atoms with Crippen molar-refractivity contribution in [2.45, 2.75) is 0 Å². The van der Waals surface area contributed by atoms with Gasteiger partial charge in [0.15, 0.2) is 5.11 Å². The number of thiocarbonyl (C=S) groups is 1. The standard InChI is InChI=1S/C22H17N3O3S/c1-24-13-5-6-16(24)14-19-20(26)23-22(29)25(21(19)27)15-9-11-18(12-10-15)28-17-7-3-2-4-8-17/h2-14H,1H3,(H,23,26,29). The maximum absolute atomic E-state index is 13.0. The number of aromatic nitrogens is 1. The van der Waals surface area contributed by atoms with Crippen LogP contribution in [0.25, 0.3) is 6.08 Å². The van der Waals surface area contributed by atoms with Gasteiger partial charge in [-0.05, 0) is 66.8 Å². The predicted octanol–water partition coefficient (Wildman–Crippen LogP) is 3.65. The number of para-hydroxylation sites is 1. The summed E-state index contributed by atoms with van der Waals surface area (Å²) in [5, 5.41) is 2.63. The molecule has 6 nitrogen and oxygen atoms in total. The van der Waals surface area contributed by atoms with Crippen LogP contribution < -0.4 is 15.0 Å². The lowest BCUT2D eigenvalue weighted by atomic mass is 10.1. The Kier molecular flexibility index (Phi) is 4.97. The second-order valence-corrected chi connectivity index (χ2v) is 6.80. The van der Waals surface area contributed by atoms with Crippen molar-refractivity contribution in [3.63, 3.8) is 0 Å². The fraction of sp³-hybridized carbons (Fsp3) is 0.0455. The van der Waals surface area contributed by atoms with Gasteiger partial charge < -0.3 is 9.30 Å². The molecular weight excluding hydrogens is 386 g/mol. The zero-order valence-electron chi connectivity index (χ0n) is 15.5. The van der Waals surface area contributed by atoms with Gasteiger partial charge in [-0.2, -0.15) is 0 Å². The van der Waals surface area contributed by atoms with Crippen LogP contribution in [0.3, 0.4) is 0 Å². The normalized spacial score (nSPS) is 15.6. The highest BCUT2D eigenvalue weighted by Gasteiger charge is 2.34. The maximum atomic E-state index is 13.0. The van der Waals surface area contributed by atoms with Crippen molar-refractivity contribution in [2.75, 3.05) is 4.90 Å². The molecule has 3 aromatic rings. The van der Waals surface area contributed by atoms with Gasteiger partial charge in [0, 0.05) is 18.9 Å². The number of carbonyl (C=O) groups is 2. The first-order valence-electron chi connectivity index (χ1n) is 8.89. The Hall–Kier alpha value is -3.71. The lowest BCUT2D eigenvalue weighted by Gasteiger charge is -2.29. The van der Waals surface area contributed by atoms with Gasteiger partial charge in [0.05, 0.1) is 5.69 Å². The number of anilines is 1. The van der Waals surface area contributed by atoms with Gasteiger partial charge in [-0.25, -0.2) is 0 Å². The molecule has 2 amide bonds. The molecular formula is C22H17N3O3S. The summed E-state index contributed by atoms with van der Waals surface area (Å²) in [7, 11) is 1.84. The summed E-state index contributed by atoms with van der Waals surface area (Å²) in [6, 6.07) is 20.0. The van der Waals surface area contributed by atoms with E-state index < -0.39 is 11.8 Å². The van der Waals surface area contributed by atoms with E-state index in [2.05, 4.69) is 5.32 Å². The average Bonchev–Trinajstić information content (AvgIpc) is 3.12. The highest BCUT2D eigenvalue weighted by Crippen LogP contribution is 2.27. The van der Waals surface area contributed by atoms with Crippen LogP contribution in [0.1, 0.15) is 5.69 Å². The Labute approximate surface area is 173 Å². The predicted molar refractivity (Wildman–Crippen MR) is 115 cm³/mol. The lowest BCUT2D eigenvalue weighted by molar-refractivity contribution is -0.122. The summed E-state index contributed by atoms with van der Waals surface area (Å²) in [5.74, 6) is 0.349. The lowest BCUT2D eigenvalue weighted by Crippen LogP contribution is -2.54. The molecule has 4 rings (SSSR count). The van der Waals surface area contributed by atoms with E-state index in [4.69, 9.17) is 17.0 Å². The molecule has 1 aliphatic rings. The third-order valence-electron chi connectivity index (χ3n) is 4.45. The van der Waals surface area contributed by atoms with Crippen LogP contribution >= 0.6 is 12.2 Å². The number of aryl methyl sites for hydroxylation is 1. The monoisotopic (exact) mass is 403 g/mol. The summed E-state index contributed by atoms with van der Waals surface area (Å²) < 4.78 is 7.60. The van der Waals surface area contributed by atoms with E-state index in [1.165, 1.54) is 4.90 Å². The minimum Gasteiger partial charge on any atom is -0.457 e. The van der Waals surface area contributed by atoms with Crippen LogP contribution in [0, 0.1) is 0 Å². The fourth-order valence-electron chi connectivity index (χ4n) is 2.95. The number of hydrogen-bond donors (Lipinski definition) is 1. The third-order valence-corrected chi connectivity index (χ3v) is 4.74. The molecule has 1 aromatic heterocycles. The minimum atomic E-state index is -0.513. The van der Waals surface area contributed by atoms with Gasteiger partial charge in [0.1, 0.15) is 17.1 Å². The summed E-state index contributed by atoms with van der Waals surface area (Å²) >= 11 is 5.24. The Morgan fingerprint density at radius 3 is 2.28 bits per heavy atom. The molecule has 0 saturated carbocycles. The van der Waals surface area contributed by atoms with E-state index in [-0.39, 0.29) is 10.7 Å². The molecule has 144 valence electrons. The van der Waals surface area contributed by atoms with Gasteiger partial charge in [0.2, 0.25) is 0 Å². The third kappa shape index (κ3) is 3.81. The highest BCUT2D eigenvalue weighted by molar-refractivity contribution is 7.80. The quantitative estimate of drug-likeness (QED) is 0.410. The molecule has 1 saturated heterocycles. The number of hydrogen-bond acceptors (Lipinski definition) is 4. The van der Waals surface area contributed by atoms with Crippen LogP contribution in [0.4, 0.5) is 5.69 Å². The number of carbonyl (C=O) groups excluding carboxylic acids is 2. The molecule has 7 heteroatoms. The number of amides is 2. The van der Waals surface area contributed by atoms with Crippen molar-refractivity contribution in [1.82, 2.24) is 9.88 Å². The molecule has 1 fully saturated rings. The zero-order chi connectivity index (χ0) is 20.4. The summed E-state index contributed by atoms with van der Waals surface area (Å²) in [6.07, 6.45) is 3.39. The van der Waals surface area contributed by atoms with Crippen molar-refractivity contribution in [2.24, 2.45) is 7.05 Å². The molecule has 1 aliphatic heterocycles. The maximum Gasteiger partial charge on any atom is 0.270 e. The Morgan fingerprint density at radius 2 is 1.62 bits per heavy atom. The van der Waals surface area contributed by atoms with Crippen molar-refractivity contribution >= 4 is 40.9 Å². The van der Waals surface area contributed by atoms with Crippen LogP contribution in [0.15, 0.2) is 78.5 Å². The van der Waals surface area contributed by atoms with Crippen molar-refractivity contribution < 1.29 is 14.3 Å².